The van der Waals surface area contributed by atoms with E-state index in [2.05, 4.69) is 0 Å². The third-order valence-corrected chi connectivity index (χ3v) is 3.42. The van der Waals surface area contributed by atoms with Crippen molar-refractivity contribution >= 4 is 29.5 Å². The molecule has 0 amide bonds. The van der Waals surface area contributed by atoms with Gasteiger partial charge in [-0.3, -0.25) is 4.79 Å². The van der Waals surface area contributed by atoms with Gasteiger partial charge in [-0.15, -0.1) is 0 Å². The van der Waals surface area contributed by atoms with Crippen molar-refractivity contribution in [1.82, 2.24) is 0 Å². The first-order valence-corrected chi connectivity index (χ1v) is 6.76. The summed E-state index contributed by atoms with van der Waals surface area (Å²) in [6, 6.07) is 9.92. The van der Waals surface area contributed by atoms with Crippen LogP contribution >= 0.6 is 23.2 Å². The minimum Gasteiger partial charge on any atom is -0.493 e. The molecular weight excluding hydrogens is 315 g/mol. The van der Waals surface area contributed by atoms with Crippen LogP contribution in [-0.2, 0) is 11.5 Å². The molecule has 0 saturated carbocycles. The molecule has 0 N–H and O–H groups in total. The Balaban J connectivity index is 2.02. The molecule has 4 nitrogen and oxygen atoms in total. The summed E-state index contributed by atoms with van der Waals surface area (Å²) in [5.74, 6) is 0.789. The van der Waals surface area contributed by atoms with Crippen LogP contribution in [0.1, 0.15) is 15.9 Å². The molecule has 0 fully saturated rings. The largest absolute Gasteiger partial charge is 0.493 e. The average molecular weight is 327 g/mol. The number of carbonyl (C=O) groups excluding carboxylic acids is 1. The molecule has 2 aromatic carbocycles. The van der Waals surface area contributed by atoms with Crippen molar-refractivity contribution in [2.24, 2.45) is 0 Å². The zero-order chi connectivity index (χ0) is 15.2. The molecule has 0 radical (unpaired) electrons. The fourth-order valence-electron chi connectivity index (χ4n) is 1.62. The summed E-state index contributed by atoms with van der Waals surface area (Å²) in [7, 11) is 1.50. The number of benzene rings is 2. The highest BCUT2D eigenvalue weighted by molar-refractivity contribution is 6.42. The molecule has 0 aliphatic heterocycles. The minimum atomic E-state index is 0.172. The SMILES string of the molecule is COc1ccc(C=O)cc1OOCc1ccc(Cl)c(Cl)c1. The molecule has 0 aliphatic rings. The number of carbonyl (C=O) groups is 1. The lowest BCUT2D eigenvalue weighted by molar-refractivity contribution is -0.218. The lowest BCUT2D eigenvalue weighted by Crippen LogP contribution is -2.00. The second-order valence-corrected chi connectivity index (χ2v) is 4.94. The monoisotopic (exact) mass is 326 g/mol. The summed E-state index contributed by atoms with van der Waals surface area (Å²) in [6.45, 7) is 0.172. The van der Waals surface area contributed by atoms with E-state index < -0.39 is 0 Å². The first-order valence-electron chi connectivity index (χ1n) is 6.00. The van der Waals surface area contributed by atoms with Gasteiger partial charge in [0.1, 0.15) is 12.9 Å². The maximum absolute atomic E-state index is 10.8. The fraction of sp³-hybridized carbons (Fsp3) is 0.133. The van der Waals surface area contributed by atoms with Gasteiger partial charge in [-0.05, 0) is 35.9 Å². The fourth-order valence-corrected chi connectivity index (χ4v) is 1.94. The molecule has 0 spiro atoms. The van der Waals surface area contributed by atoms with Gasteiger partial charge in [0.2, 0.25) is 5.75 Å². The van der Waals surface area contributed by atoms with Crippen LogP contribution in [0.5, 0.6) is 11.5 Å². The Morgan fingerprint density at radius 1 is 1.05 bits per heavy atom. The van der Waals surface area contributed by atoms with E-state index in [0.29, 0.717) is 33.4 Å². The Morgan fingerprint density at radius 3 is 2.52 bits per heavy atom. The van der Waals surface area contributed by atoms with Crippen molar-refractivity contribution in [3.8, 4) is 11.5 Å². The number of hydrogen-bond donors (Lipinski definition) is 0. The molecule has 2 aromatic rings. The molecule has 21 heavy (non-hydrogen) atoms. The van der Waals surface area contributed by atoms with Gasteiger partial charge in [0.25, 0.3) is 0 Å². The normalized spacial score (nSPS) is 10.2. The predicted molar refractivity (Wildman–Crippen MR) is 80.3 cm³/mol. The number of aldehydes is 1. The van der Waals surface area contributed by atoms with Crippen molar-refractivity contribution < 1.29 is 19.3 Å². The van der Waals surface area contributed by atoms with E-state index in [1.165, 1.54) is 13.2 Å². The number of hydrogen-bond acceptors (Lipinski definition) is 4. The Kier molecular flexibility index (Phi) is 5.44. The van der Waals surface area contributed by atoms with Crippen LogP contribution in [0.3, 0.4) is 0 Å². The molecule has 0 bridgehead atoms. The molecule has 0 saturated heterocycles. The van der Waals surface area contributed by atoms with Gasteiger partial charge in [-0.25, -0.2) is 0 Å². The predicted octanol–water partition coefficient (Wildman–Crippen LogP) is 4.33. The second-order valence-electron chi connectivity index (χ2n) is 4.12. The third kappa shape index (κ3) is 4.11. The highest BCUT2D eigenvalue weighted by Gasteiger charge is 2.07. The summed E-state index contributed by atoms with van der Waals surface area (Å²) in [5.41, 5.74) is 1.26. The highest BCUT2D eigenvalue weighted by Crippen LogP contribution is 2.28. The van der Waals surface area contributed by atoms with Gasteiger partial charge in [0, 0.05) is 5.56 Å². The van der Waals surface area contributed by atoms with E-state index in [4.69, 9.17) is 37.7 Å². The molecule has 110 valence electrons. The Labute approximate surface area is 132 Å². The number of halogens is 2. The molecular formula is C15H12Cl2O4. The van der Waals surface area contributed by atoms with Gasteiger partial charge in [-0.1, -0.05) is 29.3 Å². The van der Waals surface area contributed by atoms with Crippen LogP contribution in [0.25, 0.3) is 0 Å². The summed E-state index contributed by atoms with van der Waals surface area (Å²) < 4.78 is 5.12. The lowest BCUT2D eigenvalue weighted by Gasteiger charge is -2.10. The summed E-state index contributed by atoms with van der Waals surface area (Å²) in [4.78, 5) is 21.1. The van der Waals surface area contributed by atoms with E-state index in [0.717, 1.165) is 5.56 Å². The number of rotatable bonds is 6. The molecule has 0 aromatic heterocycles. The van der Waals surface area contributed by atoms with Crippen molar-refractivity contribution in [1.29, 1.82) is 0 Å². The lowest BCUT2D eigenvalue weighted by atomic mass is 10.2. The molecule has 0 heterocycles. The maximum Gasteiger partial charge on any atom is 0.207 e. The van der Waals surface area contributed by atoms with Crippen molar-refractivity contribution in [2.45, 2.75) is 6.61 Å². The van der Waals surface area contributed by atoms with Gasteiger partial charge >= 0.3 is 0 Å². The van der Waals surface area contributed by atoms with Crippen LogP contribution in [0.2, 0.25) is 10.0 Å². The van der Waals surface area contributed by atoms with Gasteiger partial charge < -0.3 is 9.62 Å². The first kappa shape index (κ1) is 15.6. The zero-order valence-corrected chi connectivity index (χ0v) is 12.6. The van der Waals surface area contributed by atoms with Crippen molar-refractivity contribution in [2.75, 3.05) is 7.11 Å². The molecule has 2 rings (SSSR count). The summed E-state index contributed by atoms with van der Waals surface area (Å²) in [5, 5.41) is 0.917. The van der Waals surface area contributed by atoms with Gasteiger partial charge in [0.05, 0.1) is 17.2 Å². The average Bonchev–Trinajstić information content (AvgIpc) is 2.50. The van der Waals surface area contributed by atoms with Crippen LogP contribution in [0, 0.1) is 0 Å². The van der Waals surface area contributed by atoms with Gasteiger partial charge in [0.15, 0.2) is 5.75 Å². The van der Waals surface area contributed by atoms with E-state index in [-0.39, 0.29) is 6.61 Å². The number of ether oxygens (including phenoxy) is 1. The smallest absolute Gasteiger partial charge is 0.207 e. The third-order valence-electron chi connectivity index (χ3n) is 2.68. The molecule has 0 aliphatic carbocycles. The Bertz CT molecular complexity index is 644. The molecule has 0 atom stereocenters. The second kappa shape index (κ2) is 7.31. The number of methoxy groups -OCH3 is 1. The standard InChI is InChI=1S/C15H12Cl2O4/c1-19-14-5-3-10(8-18)7-15(14)21-20-9-11-2-4-12(16)13(17)6-11/h2-8H,9H2,1H3. The van der Waals surface area contributed by atoms with E-state index in [9.17, 15) is 4.79 Å². The van der Waals surface area contributed by atoms with Crippen molar-refractivity contribution in [3.63, 3.8) is 0 Å². The minimum absolute atomic E-state index is 0.172. The van der Waals surface area contributed by atoms with Crippen LogP contribution < -0.4 is 9.62 Å². The quantitative estimate of drug-likeness (QED) is 0.450. The van der Waals surface area contributed by atoms with Gasteiger partial charge in [-0.2, -0.15) is 4.89 Å². The summed E-state index contributed by atoms with van der Waals surface area (Å²) >= 11 is 11.7. The molecule has 0 unspecified atom stereocenters. The van der Waals surface area contributed by atoms with E-state index in [1.807, 2.05) is 0 Å². The van der Waals surface area contributed by atoms with Crippen LogP contribution in [0.15, 0.2) is 36.4 Å². The topological polar surface area (TPSA) is 44.8 Å². The zero-order valence-electron chi connectivity index (χ0n) is 11.1. The maximum atomic E-state index is 10.8. The summed E-state index contributed by atoms with van der Waals surface area (Å²) in [6.07, 6.45) is 0.714. The highest BCUT2D eigenvalue weighted by atomic mass is 35.5. The first-order chi connectivity index (χ1) is 10.1. The van der Waals surface area contributed by atoms with Crippen LogP contribution in [-0.4, -0.2) is 13.4 Å². The van der Waals surface area contributed by atoms with E-state index >= 15 is 0 Å². The molecule has 6 heteroatoms. The van der Waals surface area contributed by atoms with Crippen LogP contribution in [0.4, 0.5) is 0 Å². The van der Waals surface area contributed by atoms with E-state index in [1.54, 1.807) is 30.3 Å². The Hall–Kier alpha value is -1.75. The Morgan fingerprint density at radius 2 is 1.86 bits per heavy atom. The van der Waals surface area contributed by atoms with Crippen molar-refractivity contribution in [3.05, 3.63) is 57.6 Å².